The molecule has 0 bridgehead atoms. The molecule has 0 radical (unpaired) electrons. The Bertz CT molecular complexity index is 1200. The van der Waals surface area contributed by atoms with Crippen LogP contribution in [0.15, 0.2) is 59.9 Å². The maximum Gasteiger partial charge on any atom is 0.293 e. The number of sulfonamides is 1. The summed E-state index contributed by atoms with van der Waals surface area (Å²) < 4.78 is 29.0. The molecule has 0 unspecified atom stereocenters. The van der Waals surface area contributed by atoms with Gasteiger partial charge in [-0.1, -0.05) is 13.0 Å². The molecular weight excluding hydrogens is 432 g/mol. The van der Waals surface area contributed by atoms with Crippen LogP contribution >= 0.6 is 0 Å². The molecular formula is C21H24N6O4S. The summed E-state index contributed by atoms with van der Waals surface area (Å²) in [5.41, 5.74) is 0.781. The lowest BCUT2D eigenvalue weighted by Crippen LogP contribution is -2.39. The molecule has 1 aliphatic heterocycles. The van der Waals surface area contributed by atoms with E-state index in [9.17, 15) is 18.5 Å². The van der Waals surface area contributed by atoms with E-state index < -0.39 is 14.9 Å². The first-order valence-corrected chi connectivity index (χ1v) is 11.8. The van der Waals surface area contributed by atoms with E-state index in [0.717, 1.165) is 24.5 Å². The van der Waals surface area contributed by atoms with Crippen molar-refractivity contribution in [2.24, 2.45) is 5.92 Å². The molecule has 11 heteroatoms. The average Bonchev–Trinajstić information content (AvgIpc) is 3.33. The first-order chi connectivity index (χ1) is 15.3. The van der Waals surface area contributed by atoms with Crippen molar-refractivity contribution in [2.45, 2.75) is 31.2 Å². The zero-order valence-electron chi connectivity index (χ0n) is 17.6. The minimum absolute atomic E-state index is 0.0610. The van der Waals surface area contributed by atoms with Crippen molar-refractivity contribution in [1.29, 1.82) is 0 Å². The summed E-state index contributed by atoms with van der Waals surface area (Å²) in [5, 5.41) is 18.8. The second kappa shape index (κ2) is 9.05. The Kier molecular flexibility index (Phi) is 6.19. The second-order valence-electron chi connectivity index (χ2n) is 7.88. The largest absolute Gasteiger partial charge is 0.375 e. The van der Waals surface area contributed by atoms with Gasteiger partial charge in [-0.3, -0.25) is 10.1 Å². The van der Waals surface area contributed by atoms with Gasteiger partial charge in [-0.05, 0) is 48.6 Å². The van der Waals surface area contributed by atoms with Crippen LogP contribution in [0.2, 0.25) is 0 Å². The van der Waals surface area contributed by atoms with Gasteiger partial charge in [-0.2, -0.15) is 9.40 Å². The Morgan fingerprint density at radius 1 is 1.28 bits per heavy atom. The predicted octanol–water partition coefficient (Wildman–Crippen LogP) is 3.21. The van der Waals surface area contributed by atoms with Gasteiger partial charge in [-0.25, -0.2) is 18.1 Å². The highest BCUT2D eigenvalue weighted by Crippen LogP contribution is 2.31. The van der Waals surface area contributed by atoms with Crippen LogP contribution in [0.1, 0.15) is 25.3 Å². The van der Waals surface area contributed by atoms with E-state index in [-0.39, 0.29) is 22.2 Å². The molecule has 1 aromatic carbocycles. The topological polar surface area (TPSA) is 123 Å². The lowest BCUT2D eigenvalue weighted by molar-refractivity contribution is -0.384. The quantitative estimate of drug-likeness (QED) is 0.428. The summed E-state index contributed by atoms with van der Waals surface area (Å²) >= 11 is 0. The van der Waals surface area contributed by atoms with Gasteiger partial charge in [-0.15, -0.1) is 0 Å². The molecule has 32 heavy (non-hydrogen) atoms. The van der Waals surface area contributed by atoms with Crippen LogP contribution in [-0.2, 0) is 16.6 Å². The third kappa shape index (κ3) is 4.63. The number of rotatable bonds is 7. The minimum Gasteiger partial charge on any atom is -0.375 e. The summed E-state index contributed by atoms with van der Waals surface area (Å²) in [6.07, 6.45) is 6.87. The standard InChI is InChI=1S/C21H24N6O4S/c1-16-4-2-10-25(15-16)32(30,31)18-6-7-19(20(12-18)27(28)29)22-13-17-5-8-21(23-14-17)26-11-3-9-24-26/h3,5-9,11-12,14,16,22H,2,4,10,13,15H2,1H3/t16-/m1/s1. The maximum atomic E-state index is 13.0. The van der Waals surface area contributed by atoms with E-state index in [0.29, 0.717) is 25.5 Å². The van der Waals surface area contributed by atoms with Crippen LogP contribution in [0.3, 0.4) is 0 Å². The lowest BCUT2D eigenvalue weighted by atomic mass is 10.0. The number of nitrogens with zero attached hydrogens (tertiary/aromatic N) is 5. The molecule has 1 atom stereocenters. The van der Waals surface area contributed by atoms with E-state index in [1.54, 1.807) is 35.4 Å². The first kappa shape index (κ1) is 21.9. The molecule has 1 aliphatic rings. The summed E-state index contributed by atoms with van der Waals surface area (Å²) in [7, 11) is -3.78. The molecule has 1 N–H and O–H groups in total. The Hall–Kier alpha value is -3.31. The summed E-state index contributed by atoms with van der Waals surface area (Å²) in [6, 6.07) is 9.45. The molecule has 0 spiro atoms. The van der Waals surface area contributed by atoms with Crippen molar-refractivity contribution in [1.82, 2.24) is 19.1 Å². The Labute approximate surface area is 186 Å². The number of nitro groups is 1. The second-order valence-corrected chi connectivity index (χ2v) is 9.81. The van der Waals surface area contributed by atoms with E-state index in [1.165, 1.54) is 16.4 Å². The molecule has 0 aliphatic carbocycles. The summed E-state index contributed by atoms with van der Waals surface area (Å²) in [5.74, 6) is 0.925. The van der Waals surface area contributed by atoms with Crippen LogP contribution in [0, 0.1) is 16.0 Å². The molecule has 3 heterocycles. The summed E-state index contributed by atoms with van der Waals surface area (Å²) in [4.78, 5) is 15.4. The van der Waals surface area contributed by atoms with Gasteiger partial charge < -0.3 is 5.32 Å². The number of piperidine rings is 1. The van der Waals surface area contributed by atoms with Crippen LogP contribution in [0.25, 0.3) is 5.82 Å². The average molecular weight is 457 g/mol. The van der Waals surface area contributed by atoms with Gasteiger partial charge in [0.25, 0.3) is 5.69 Å². The molecule has 0 amide bonds. The van der Waals surface area contributed by atoms with Crippen molar-refractivity contribution < 1.29 is 13.3 Å². The lowest BCUT2D eigenvalue weighted by Gasteiger charge is -2.30. The van der Waals surface area contributed by atoms with Crippen LogP contribution in [0.5, 0.6) is 0 Å². The van der Waals surface area contributed by atoms with Crippen molar-refractivity contribution in [3.63, 3.8) is 0 Å². The molecule has 2 aromatic heterocycles. The number of hydrogen-bond donors (Lipinski definition) is 1. The van der Waals surface area contributed by atoms with Crippen LogP contribution < -0.4 is 5.32 Å². The van der Waals surface area contributed by atoms with Crippen molar-refractivity contribution in [3.05, 3.63) is 70.7 Å². The monoisotopic (exact) mass is 456 g/mol. The van der Waals surface area contributed by atoms with Gasteiger partial charge in [0, 0.05) is 44.3 Å². The number of nitro benzene ring substituents is 1. The zero-order valence-corrected chi connectivity index (χ0v) is 18.4. The third-order valence-electron chi connectivity index (χ3n) is 5.45. The van der Waals surface area contributed by atoms with Gasteiger partial charge in [0.2, 0.25) is 10.0 Å². The van der Waals surface area contributed by atoms with E-state index in [4.69, 9.17) is 0 Å². The Morgan fingerprint density at radius 3 is 2.78 bits per heavy atom. The van der Waals surface area contributed by atoms with Gasteiger partial charge in [0.1, 0.15) is 5.69 Å². The molecule has 3 aromatic rings. The summed E-state index contributed by atoms with van der Waals surface area (Å²) in [6.45, 7) is 3.16. The van der Waals surface area contributed by atoms with Crippen LogP contribution in [0.4, 0.5) is 11.4 Å². The Balaban J connectivity index is 1.51. The number of pyridine rings is 1. The van der Waals surface area contributed by atoms with Gasteiger partial charge >= 0.3 is 0 Å². The normalized spacial score (nSPS) is 17.2. The third-order valence-corrected chi connectivity index (χ3v) is 7.32. The Morgan fingerprint density at radius 2 is 2.12 bits per heavy atom. The van der Waals surface area contributed by atoms with Crippen molar-refractivity contribution in [2.75, 3.05) is 18.4 Å². The molecule has 168 valence electrons. The first-order valence-electron chi connectivity index (χ1n) is 10.3. The zero-order chi connectivity index (χ0) is 22.7. The fraction of sp³-hybridized carbons (Fsp3) is 0.333. The molecule has 1 saturated heterocycles. The minimum atomic E-state index is -3.78. The smallest absolute Gasteiger partial charge is 0.293 e. The van der Waals surface area contributed by atoms with Crippen LogP contribution in [-0.4, -0.2) is 45.5 Å². The number of benzene rings is 1. The number of nitrogens with one attached hydrogen (secondary N) is 1. The molecule has 10 nitrogen and oxygen atoms in total. The molecule has 1 fully saturated rings. The van der Waals surface area contributed by atoms with E-state index >= 15 is 0 Å². The van der Waals surface area contributed by atoms with Gasteiger partial charge in [0.15, 0.2) is 5.82 Å². The SMILES string of the molecule is C[C@@H]1CCCN(S(=O)(=O)c2ccc(NCc3ccc(-n4cccn4)nc3)c([N+](=O)[O-])c2)C1. The predicted molar refractivity (Wildman–Crippen MR) is 119 cm³/mol. The number of anilines is 1. The highest BCUT2D eigenvalue weighted by atomic mass is 32.2. The molecule has 4 rings (SSSR count). The number of aromatic nitrogens is 3. The van der Waals surface area contributed by atoms with E-state index in [1.807, 2.05) is 13.0 Å². The van der Waals surface area contributed by atoms with Gasteiger partial charge in [0.05, 0.1) is 9.82 Å². The fourth-order valence-electron chi connectivity index (χ4n) is 3.74. The van der Waals surface area contributed by atoms with Crippen molar-refractivity contribution in [3.8, 4) is 5.82 Å². The van der Waals surface area contributed by atoms with E-state index in [2.05, 4.69) is 15.4 Å². The van der Waals surface area contributed by atoms with Crippen molar-refractivity contribution >= 4 is 21.4 Å². The number of hydrogen-bond acceptors (Lipinski definition) is 7. The highest BCUT2D eigenvalue weighted by Gasteiger charge is 2.30. The molecule has 0 saturated carbocycles. The fourth-order valence-corrected chi connectivity index (χ4v) is 5.36. The highest BCUT2D eigenvalue weighted by molar-refractivity contribution is 7.89. The maximum absolute atomic E-state index is 13.0.